The fourth-order valence-corrected chi connectivity index (χ4v) is 2.35. The molecule has 3 rings (SSSR count). The quantitative estimate of drug-likeness (QED) is 0.620. The van der Waals surface area contributed by atoms with Crippen LogP contribution in [0.15, 0.2) is 33.5 Å². The van der Waals surface area contributed by atoms with E-state index in [1.54, 1.807) is 0 Å². The zero-order valence-electron chi connectivity index (χ0n) is 11.3. The zero-order valence-corrected chi connectivity index (χ0v) is 11.3. The zero-order chi connectivity index (χ0) is 16.0. The lowest BCUT2D eigenvalue weighted by atomic mass is 10.0. The van der Waals surface area contributed by atoms with Crippen LogP contribution in [-0.4, -0.2) is 28.4 Å². The van der Waals surface area contributed by atoms with Gasteiger partial charge < -0.3 is 24.5 Å². The fourth-order valence-electron chi connectivity index (χ4n) is 2.35. The molecule has 0 atom stereocenters. The minimum Gasteiger partial charge on any atom is -0.507 e. The minimum atomic E-state index is -1.47. The maximum Gasteiger partial charge on any atom is 0.340 e. The molecular weight excluding hydrogens is 292 g/mol. The van der Waals surface area contributed by atoms with Crippen molar-refractivity contribution in [3.8, 4) is 17.2 Å². The number of carboxylic acids is 1. The Balaban J connectivity index is 2.59. The van der Waals surface area contributed by atoms with Gasteiger partial charge in [-0.2, -0.15) is 0 Å². The summed E-state index contributed by atoms with van der Waals surface area (Å²) in [4.78, 5) is 23.8. The third-order valence-corrected chi connectivity index (χ3v) is 3.32. The van der Waals surface area contributed by atoms with Gasteiger partial charge in [-0.25, -0.2) is 4.79 Å². The van der Waals surface area contributed by atoms with Gasteiger partial charge in [-0.15, -0.1) is 0 Å². The average Bonchev–Trinajstić information content (AvgIpc) is 2.46. The Kier molecular flexibility index (Phi) is 2.91. The SMILES string of the molecule is COc1cc(O)c2c(=O)c3c(C(=O)O)c(O)ccc3oc2c1. The van der Waals surface area contributed by atoms with E-state index >= 15 is 0 Å². The summed E-state index contributed by atoms with van der Waals surface area (Å²) in [7, 11) is 1.39. The van der Waals surface area contributed by atoms with Crippen molar-refractivity contribution in [2.45, 2.75) is 0 Å². The molecule has 0 unspecified atom stereocenters. The highest BCUT2D eigenvalue weighted by Crippen LogP contribution is 2.33. The lowest BCUT2D eigenvalue weighted by Crippen LogP contribution is -2.09. The van der Waals surface area contributed by atoms with Gasteiger partial charge in [-0.05, 0) is 12.1 Å². The maximum absolute atomic E-state index is 12.6. The molecule has 0 aliphatic carbocycles. The van der Waals surface area contributed by atoms with Gasteiger partial charge in [0.05, 0.1) is 12.5 Å². The molecule has 0 radical (unpaired) electrons. The third kappa shape index (κ3) is 1.83. The predicted octanol–water partition coefficient (Wildman–Crippen LogP) is 2.06. The van der Waals surface area contributed by atoms with Crippen LogP contribution in [0.25, 0.3) is 21.9 Å². The van der Waals surface area contributed by atoms with E-state index in [0.29, 0.717) is 0 Å². The molecule has 0 spiro atoms. The number of hydrogen-bond acceptors (Lipinski definition) is 6. The van der Waals surface area contributed by atoms with Crippen LogP contribution in [0.2, 0.25) is 0 Å². The third-order valence-electron chi connectivity index (χ3n) is 3.32. The smallest absolute Gasteiger partial charge is 0.340 e. The van der Waals surface area contributed by atoms with Crippen LogP contribution in [0, 0.1) is 0 Å². The molecule has 0 aliphatic heterocycles. The fraction of sp³-hybridized carbons (Fsp3) is 0.0667. The van der Waals surface area contributed by atoms with Crippen molar-refractivity contribution >= 4 is 27.9 Å². The number of methoxy groups -OCH3 is 1. The van der Waals surface area contributed by atoms with Gasteiger partial charge in [-0.3, -0.25) is 4.79 Å². The highest BCUT2D eigenvalue weighted by atomic mass is 16.5. The molecule has 22 heavy (non-hydrogen) atoms. The second-order valence-corrected chi connectivity index (χ2v) is 4.59. The van der Waals surface area contributed by atoms with Crippen LogP contribution in [-0.2, 0) is 0 Å². The molecule has 0 amide bonds. The molecule has 2 aromatic carbocycles. The van der Waals surface area contributed by atoms with Crippen molar-refractivity contribution in [2.24, 2.45) is 0 Å². The normalized spacial score (nSPS) is 11.0. The van der Waals surface area contributed by atoms with Gasteiger partial charge in [0.15, 0.2) is 0 Å². The Morgan fingerprint density at radius 3 is 2.45 bits per heavy atom. The Bertz CT molecular complexity index is 985. The molecule has 3 N–H and O–H groups in total. The lowest BCUT2D eigenvalue weighted by molar-refractivity contribution is 0.0696. The monoisotopic (exact) mass is 302 g/mol. The second-order valence-electron chi connectivity index (χ2n) is 4.59. The molecule has 1 heterocycles. The summed E-state index contributed by atoms with van der Waals surface area (Å²) in [6, 6.07) is 5.03. The molecule has 0 saturated carbocycles. The Morgan fingerprint density at radius 1 is 1.09 bits per heavy atom. The van der Waals surface area contributed by atoms with Crippen LogP contribution in [0.4, 0.5) is 0 Å². The lowest BCUT2D eigenvalue weighted by Gasteiger charge is -2.08. The summed E-state index contributed by atoms with van der Waals surface area (Å²) in [5, 5.41) is 28.4. The Morgan fingerprint density at radius 2 is 1.82 bits per heavy atom. The van der Waals surface area contributed by atoms with E-state index in [0.717, 1.165) is 6.07 Å². The molecule has 0 bridgehead atoms. The summed E-state index contributed by atoms with van der Waals surface area (Å²) in [5.41, 5.74) is -1.27. The topological polar surface area (TPSA) is 117 Å². The van der Waals surface area contributed by atoms with Gasteiger partial charge in [0, 0.05) is 12.1 Å². The molecule has 7 heteroatoms. The predicted molar refractivity (Wildman–Crippen MR) is 76.8 cm³/mol. The number of phenolic OH excluding ortho intramolecular Hbond substituents is 1. The maximum atomic E-state index is 12.6. The molecule has 3 aromatic rings. The van der Waals surface area contributed by atoms with E-state index < -0.39 is 28.5 Å². The number of aromatic carboxylic acids is 1. The molecule has 112 valence electrons. The average molecular weight is 302 g/mol. The Labute approximate surface area is 122 Å². The highest BCUT2D eigenvalue weighted by Gasteiger charge is 2.21. The van der Waals surface area contributed by atoms with E-state index in [4.69, 9.17) is 9.15 Å². The van der Waals surface area contributed by atoms with E-state index in [-0.39, 0.29) is 27.7 Å². The van der Waals surface area contributed by atoms with Crippen molar-refractivity contribution in [3.05, 3.63) is 40.1 Å². The Hall–Kier alpha value is -3.22. The van der Waals surface area contributed by atoms with Crippen LogP contribution < -0.4 is 10.2 Å². The number of phenols is 2. The molecule has 1 aromatic heterocycles. The first-order chi connectivity index (χ1) is 10.4. The number of hydrogen-bond donors (Lipinski definition) is 3. The number of benzene rings is 2. The summed E-state index contributed by atoms with van der Waals surface area (Å²) in [5.74, 6) is -2.14. The standard InChI is InChI=1S/C15H10O7/c1-21-6-4-8(17)11-10(5-6)22-9-3-2-7(16)12(15(19)20)13(9)14(11)18/h2-5,16-17H,1H3,(H,19,20). The summed E-state index contributed by atoms with van der Waals surface area (Å²) in [6.45, 7) is 0. The number of rotatable bonds is 2. The molecule has 7 nitrogen and oxygen atoms in total. The van der Waals surface area contributed by atoms with Gasteiger partial charge in [0.1, 0.15) is 39.4 Å². The number of carbonyl (C=O) groups is 1. The van der Waals surface area contributed by atoms with E-state index in [2.05, 4.69) is 0 Å². The molecule has 0 fully saturated rings. The summed E-state index contributed by atoms with van der Waals surface area (Å²) in [6.07, 6.45) is 0. The highest BCUT2D eigenvalue weighted by molar-refractivity contribution is 6.07. The van der Waals surface area contributed by atoms with Crippen LogP contribution >= 0.6 is 0 Å². The number of aromatic hydroxyl groups is 2. The molecular formula is C15H10O7. The van der Waals surface area contributed by atoms with Gasteiger partial charge >= 0.3 is 5.97 Å². The summed E-state index contributed by atoms with van der Waals surface area (Å²) >= 11 is 0. The molecule has 0 aliphatic rings. The summed E-state index contributed by atoms with van der Waals surface area (Å²) < 4.78 is 10.5. The second kappa shape index (κ2) is 4.66. The number of ether oxygens (including phenoxy) is 1. The first-order valence-corrected chi connectivity index (χ1v) is 6.17. The minimum absolute atomic E-state index is 0.0136. The van der Waals surface area contributed by atoms with E-state index in [1.807, 2.05) is 0 Å². The van der Waals surface area contributed by atoms with Crippen molar-refractivity contribution in [3.63, 3.8) is 0 Å². The number of fused-ring (bicyclic) bond motifs is 2. The van der Waals surface area contributed by atoms with Crippen LogP contribution in [0.5, 0.6) is 17.2 Å². The van der Waals surface area contributed by atoms with E-state index in [1.165, 1.54) is 25.3 Å². The van der Waals surface area contributed by atoms with Crippen LogP contribution in [0.1, 0.15) is 10.4 Å². The van der Waals surface area contributed by atoms with Crippen molar-refractivity contribution in [1.29, 1.82) is 0 Å². The van der Waals surface area contributed by atoms with Gasteiger partial charge in [0.2, 0.25) is 5.43 Å². The molecule has 0 saturated heterocycles. The van der Waals surface area contributed by atoms with Gasteiger partial charge in [-0.1, -0.05) is 0 Å². The van der Waals surface area contributed by atoms with Crippen LogP contribution in [0.3, 0.4) is 0 Å². The first kappa shape index (κ1) is 13.7. The van der Waals surface area contributed by atoms with Crippen molar-refractivity contribution in [1.82, 2.24) is 0 Å². The van der Waals surface area contributed by atoms with Crippen molar-refractivity contribution in [2.75, 3.05) is 7.11 Å². The van der Waals surface area contributed by atoms with E-state index in [9.17, 15) is 24.9 Å². The largest absolute Gasteiger partial charge is 0.507 e. The van der Waals surface area contributed by atoms with Gasteiger partial charge in [0.25, 0.3) is 0 Å². The van der Waals surface area contributed by atoms with Crippen molar-refractivity contribution < 1.29 is 29.3 Å². The number of carboxylic acid groups (broad SMARTS) is 1. The first-order valence-electron chi connectivity index (χ1n) is 6.17.